The summed E-state index contributed by atoms with van der Waals surface area (Å²) in [7, 11) is 0. The Morgan fingerprint density at radius 3 is 1.61 bits per heavy atom. The second-order valence-electron chi connectivity index (χ2n) is 8.38. The van der Waals surface area contributed by atoms with E-state index in [2.05, 4.69) is 75.8 Å². The predicted molar refractivity (Wildman–Crippen MR) is 129 cm³/mol. The number of β-amino-alcohol motifs (C(OH)–C–C–N with tert-alkyl or cyclic N) is 1. The van der Waals surface area contributed by atoms with Gasteiger partial charge in [-0.25, -0.2) is 0 Å². The van der Waals surface area contributed by atoms with Crippen molar-refractivity contribution >= 4 is 5.69 Å². The Kier molecular flexibility index (Phi) is 7.72. The molecule has 4 rings (SSSR count). The minimum Gasteiger partial charge on any atom is -0.390 e. The van der Waals surface area contributed by atoms with Crippen LogP contribution in [0.15, 0.2) is 91.0 Å². The molecule has 0 radical (unpaired) electrons. The first-order valence-corrected chi connectivity index (χ1v) is 11.3. The summed E-state index contributed by atoms with van der Waals surface area (Å²) in [4.78, 5) is 4.95. The standard InChI is InChI=1S/C27H33N3O/c31-26(20-28-25-14-8-3-9-15-25)21-29-16-18-30(19-17-29)22-27(23-10-4-1-5-11-23)24-12-6-2-7-13-24/h1-15,26-28,31H,16-22H2. The van der Waals surface area contributed by atoms with Crippen LogP contribution < -0.4 is 5.32 Å². The summed E-state index contributed by atoms with van der Waals surface area (Å²) in [5, 5.41) is 13.8. The minimum absolute atomic E-state index is 0.367. The van der Waals surface area contributed by atoms with Crippen molar-refractivity contribution < 1.29 is 5.11 Å². The van der Waals surface area contributed by atoms with Crippen molar-refractivity contribution in [2.24, 2.45) is 0 Å². The first-order chi connectivity index (χ1) is 15.3. The van der Waals surface area contributed by atoms with E-state index in [1.54, 1.807) is 0 Å². The van der Waals surface area contributed by atoms with Crippen molar-refractivity contribution in [2.75, 3.05) is 51.1 Å². The maximum atomic E-state index is 10.5. The molecular formula is C27H33N3O. The molecule has 0 bridgehead atoms. The smallest absolute Gasteiger partial charge is 0.0839 e. The van der Waals surface area contributed by atoms with Gasteiger partial charge in [0.25, 0.3) is 0 Å². The molecule has 0 saturated carbocycles. The molecule has 4 nitrogen and oxygen atoms in total. The Morgan fingerprint density at radius 1 is 0.645 bits per heavy atom. The van der Waals surface area contributed by atoms with Crippen LogP contribution in [-0.2, 0) is 0 Å². The van der Waals surface area contributed by atoms with Crippen molar-refractivity contribution in [1.82, 2.24) is 9.80 Å². The predicted octanol–water partition coefficient (Wildman–Crippen LogP) is 3.91. The van der Waals surface area contributed by atoms with Crippen LogP contribution in [0, 0.1) is 0 Å². The monoisotopic (exact) mass is 415 g/mol. The zero-order chi connectivity index (χ0) is 21.3. The maximum absolute atomic E-state index is 10.5. The van der Waals surface area contributed by atoms with E-state index < -0.39 is 0 Å². The topological polar surface area (TPSA) is 38.7 Å². The average molecular weight is 416 g/mol. The zero-order valence-corrected chi connectivity index (χ0v) is 18.1. The highest BCUT2D eigenvalue weighted by atomic mass is 16.3. The molecule has 0 spiro atoms. The Balaban J connectivity index is 1.27. The number of nitrogens with one attached hydrogen (secondary N) is 1. The van der Waals surface area contributed by atoms with Gasteiger partial charge >= 0.3 is 0 Å². The second kappa shape index (κ2) is 11.1. The lowest BCUT2D eigenvalue weighted by Crippen LogP contribution is -2.50. The van der Waals surface area contributed by atoms with Gasteiger partial charge < -0.3 is 10.4 Å². The SMILES string of the molecule is OC(CNc1ccccc1)CN1CCN(CC(c2ccccc2)c2ccccc2)CC1. The van der Waals surface area contributed by atoms with Gasteiger partial charge in [0.1, 0.15) is 0 Å². The normalized spacial score (nSPS) is 16.3. The summed E-state index contributed by atoms with van der Waals surface area (Å²) in [6, 6.07) is 31.7. The molecule has 162 valence electrons. The van der Waals surface area contributed by atoms with Crippen LogP contribution in [0.4, 0.5) is 5.69 Å². The summed E-state index contributed by atoms with van der Waals surface area (Å²) in [6.45, 7) is 6.39. The second-order valence-corrected chi connectivity index (χ2v) is 8.38. The fourth-order valence-electron chi connectivity index (χ4n) is 4.34. The van der Waals surface area contributed by atoms with E-state index in [-0.39, 0.29) is 6.10 Å². The summed E-state index contributed by atoms with van der Waals surface area (Å²) in [5.74, 6) is 0.384. The van der Waals surface area contributed by atoms with Gasteiger partial charge in [0.2, 0.25) is 0 Å². The largest absolute Gasteiger partial charge is 0.390 e. The van der Waals surface area contributed by atoms with Gasteiger partial charge in [-0.1, -0.05) is 78.9 Å². The van der Waals surface area contributed by atoms with E-state index in [0.29, 0.717) is 19.0 Å². The first-order valence-electron chi connectivity index (χ1n) is 11.3. The highest BCUT2D eigenvalue weighted by molar-refractivity contribution is 5.42. The Morgan fingerprint density at radius 2 is 1.10 bits per heavy atom. The molecule has 0 aliphatic carbocycles. The molecule has 1 atom stereocenters. The molecule has 0 aromatic heterocycles. The number of hydrogen-bond acceptors (Lipinski definition) is 4. The van der Waals surface area contributed by atoms with Crippen LogP contribution in [-0.4, -0.2) is 66.8 Å². The molecule has 1 aliphatic heterocycles. The number of aliphatic hydroxyl groups excluding tert-OH is 1. The van der Waals surface area contributed by atoms with Crippen molar-refractivity contribution in [3.05, 3.63) is 102 Å². The highest BCUT2D eigenvalue weighted by Gasteiger charge is 2.23. The van der Waals surface area contributed by atoms with Gasteiger partial charge in [-0.05, 0) is 23.3 Å². The molecule has 1 saturated heterocycles. The Hall–Kier alpha value is -2.66. The van der Waals surface area contributed by atoms with Crippen LogP contribution in [0.5, 0.6) is 0 Å². The van der Waals surface area contributed by atoms with Crippen LogP contribution in [0.2, 0.25) is 0 Å². The highest BCUT2D eigenvalue weighted by Crippen LogP contribution is 2.26. The fourth-order valence-corrected chi connectivity index (χ4v) is 4.34. The third-order valence-electron chi connectivity index (χ3n) is 6.09. The molecule has 0 amide bonds. The number of para-hydroxylation sites is 1. The van der Waals surface area contributed by atoms with Crippen molar-refractivity contribution in [1.29, 1.82) is 0 Å². The van der Waals surface area contributed by atoms with Crippen LogP contribution in [0.25, 0.3) is 0 Å². The lowest BCUT2D eigenvalue weighted by molar-refractivity contribution is 0.0771. The number of nitrogens with zero attached hydrogens (tertiary/aromatic N) is 2. The number of aliphatic hydroxyl groups is 1. The average Bonchev–Trinajstić information content (AvgIpc) is 2.84. The van der Waals surface area contributed by atoms with Gasteiger partial charge in [0.05, 0.1) is 6.10 Å². The number of anilines is 1. The molecule has 4 heteroatoms. The molecular weight excluding hydrogens is 382 g/mol. The Labute approximate surface area is 186 Å². The fraction of sp³-hybridized carbons (Fsp3) is 0.333. The van der Waals surface area contributed by atoms with Crippen LogP contribution in [0.3, 0.4) is 0 Å². The number of piperazine rings is 1. The summed E-state index contributed by atoms with van der Waals surface area (Å²) >= 11 is 0. The van der Waals surface area contributed by atoms with E-state index in [1.807, 2.05) is 30.3 Å². The number of benzene rings is 3. The zero-order valence-electron chi connectivity index (χ0n) is 18.1. The van der Waals surface area contributed by atoms with Crippen molar-refractivity contribution in [3.63, 3.8) is 0 Å². The molecule has 3 aromatic rings. The quantitative estimate of drug-likeness (QED) is 0.556. The number of hydrogen-bond donors (Lipinski definition) is 2. The molecule has 2 N–H and O–H groups in total. The van der Waals surface area contributed by atoms with Gasteiger partial charge in [0, 0.05) is 57.4 Å². The molecule has 1 unspecified atom stereocenters. The molecule has 1 fully saturated rings. The van der Waals surface area contributed by atoms with E-state index in [0.717, 1.165) is 38.4 Å². The number of rotatable bonds is 9. The van der Waals surface area contributed by atoms with Gasteiger partial charge in [-0.3, -0.25) is 9.80 Å². The Bertz CT molecular complexity index is 841. The lowest BCUT2D eigenvalue weighted by atomic mass is 9.90. The van der Waals surface area contributed by atoms with E-state index >= 15 is 0 Å². The van der Waals surface area contributed by atoms with E-state index in [4.69, 9.17) is 0 Å². The third kappa shape index (κ3) is 6.41. The lowest BCUT2D eigenvalue weighted by Gasteiger charge is -2.37. The molecule has 3 aromatic carbocycles. The minimum atomic E-state index is -0.367. The molecule has 1 heterocycles. The summed E-state index contributed by atoms with van der Waals surface area (Å²) in [5.41, 5.74) is 3.80. The maximum Gasteiger partial charge on any atom is 0.0839 e. The van der Waals surface area contributed by atoms with E-state index in [1.165, 1.54) is 11.1 Å². The molecule has 31 heavy (non-hydrogen) atoms. The van der Waals surface area contributed by atoms with Crippen LogP contribution >= 0.6 is 0 Å². The van der Waals surface area contributed by atoms with Gasteiger partial charge in [-0.2, -0.15) is 0 Å². The van der Waals surface area contributed by atoms with Crippen molar-refractivity contribution in [3.8, 4) is 0 Å². The van der Waals surface area contributed by atoms with Crippen LogP contribution in [0.1, 0.15) is 17.0 Å². The van der Waals surface area contributed by atoms with Crippen molar-refractivity contribution in [2.45, 2.75) is 12.0 Å². The third-order valence-corrected chi connectivity index (χ3v) is 6.09. The van der Waals surface area contributed by atoms with Gasteiger partial charge in [-0.15, -0.1) is 0 Å². The van der Waals surface area contributed by atoms with Gasteiger partial charge in [0.15, 0.2) is 0 Å². The molecule has 1 aliphatic rings. The summed E-state index contributed by atoms with van der Waals surface area (Å²) in [6.07, 6.45) is -0.367. The first kappa shape index (κ1) is 21.6. The summed E-state index contributed by atoms with van der Waals surface area (Å²) < 4.78 is 0. The van der Waals surface area contributed by atoms with E-state index in [9.17, 15) is 5.11 Å².